The van der Waals surface area contributed by atoms with Gasteiger partial charge in [-0.15, -0.1) is 0 Å². The molecule has 0 radical (unpaired) electrons. The monoisotopic (exact) mass is 845 g/mol. The summed E-state index contributed by atoms with van der Waals surface area (Å²) in [7, 11) is 1.38. The first-order valence-corrected chi connectivity index (χ1v) is 21.8. The number of nitrogens with zero attached hydrogens (tertiary/aromatic N) is 1. The van der Waals surface area contributed by atoms with Crippen LogP contribution in [0.15, 0.2) is 176 Å². The van der Waals surface area contributed by atoms with Crippen molar-refractivity contribution in [2.75, 3.05) is 18.6 Å². The predicted molar refractivity (Wildman–Crippen MR) is 241 cm³/mol. The first-order chi connectivity index (χ1) is 31.0. The Morgan fingerprint density at radius 3 is 1.51 bits per heavy atom. The lowest BCUT2D eigenvalue weighted by Crippen LogP contribution is -2.61. The number of benzene rings is 6. The summed E-state index contributed by atoms with van der Waals surface area (Å²) in [6.45, 7) is 1.77. The Labute approximate surface area is 370 Å². The van der Waals surface area contributed by atoms with Gasteiger partial charge in [0, 0.05) is 18.5 Å². The minimum atomic E-state index is -0.536. The summed E-state index contributed by atoms with van der Waals surface area (Å²) in [4.78, 5) is 27.6. The quantitative estimate of drug-likeness (QED) is 0.0555. The summed E-state index contributed by atoms with van der Waals surface area (Å²) in [6, 6.07) is 58.4. The summed E-state index contributed by atoms with van der Waals surface area (Å²) in [6.07, 6.45) is -1.43. The number of β-lactam (4-membered cyclic amide) rings is 1. The number of methoxy groups -OCH3 is 1. The van der Waals surface area contributed by atoms with Gasteiger partial charge in [0.05, 0.1) is 58.2 Å². The number of rotatable bonds is 20. The number of carbonyl (C=O) groups is 2. The van der Waals surface area contributed by atoms with Crippen LogP contribution < -0.4 is 4.90 Å². The van der Waals surface area contributed by atoms with Crippen LogP contribution in [0, 0.1) is 5.92 Å². The smallest absolute Gasteiger partial charge is 0.305 e. The van der Waals surface area contributed by atoms with E-state index >= 15 is 0 Å². The fourth-order valence-corrected chi connectivity index (χ4v) is 8.60. The summed E-state index contributed by atoms with van der Waals surface area (Å²) in [5.74, 6) is -0.673. The minimum absolute atomic E-state index is 0.000649. The van der Waals surface area contributed by atoms with Gasteiger partial charge in [-0.25, -0.2) is 0 Å². The molecule has 2 fully saturated rings. The second-order valence-corrected chi connectivity index (χ2v) is 16.2. The number of esters is 1. The molecular weight excluding hydrogens is 791 g/mol. The molecule has 8 rings (SSSR count). The number of amides is 1. The fraction of sp³-hybridized carbons (Fsp3) is 0.296. The molecule has 2 saturated heterocycles. The van der Waals surface area contributed by atoms with E-state index in [-0.39, 0.29) is 36.9 Å². The molecule has 0 bridgehead atoms. The van der Waals surface area contributed by atoms with Gasteiger partial charge in [-0.05, 0) is 51.9 Å². The molecule has 2 heterocycles. The largest absolute Gasteiger partial charge is 0.469 e. The molecule has 2 aliphatic rings. The summed E-state index contributed by atoms with van der Waals surface area (Å²) < 4.78 is 39.3. The van der Waals surface area contributed by atoms with E-state index in [9.17, 15) is 9.59 Å². The molecule has 0 N–H and O–H groups in total. The molecule has 7 atom stereocenters. The predicted octanol–water partition coefficient (Wildman–Crippen LogP) is 9.63. The standard InChI is InChI=1S/C54H55NO8/c1-58-49(56)32-31-46-50(55(54(46)57)45-25-15-6-16-26-45)44-29-27-39(28-30-44)33-47-51(60-35-41-19-9-3-10-20-41)53(62-37-43-23-13-5-14-24-43)52(61-36-42-21-11-4-12-22-42)48(63-47)38-59-34-40-17-7-2-8-18-40/h2-30,46-48,50-53H,31-38H2,1H3. The molecule has 0 aliphatic carbocycles. The van der Waals surface area contributed by atoms with Crippen LogP contribution in [0.3, 0.4) is 0 Å². The van der Waals surface area contributed by atoms with Crippen molar-refractivity contribution in [1.29, 1.82) is 0 Å². The van der Waals surface area contributed by atoms with Crippen molar-refractivity contribution < 1.29 is 38.0 Å². The van der Waals surface area contributed by atoms with Crippen LogP contribution in [0.5, 0.6) is 0 Å². The maximum atomic E-state index is 13.6. The van der Waals surface area contributed by atoms with Gasteiger partial charge in [-0.2, -0.15) is 0 Å². The lowest BCUT2D eigenvalue weighted by molar-refractivity contribution is -0.272. The van der Waals surface area contributed by atoms with Crippen molar-refractivity contribution in [2.45, 2.75) is 82.3 Å². The van der Waals surface area contributed by atoms with E-state index in [4.69, 9.17) is 28.4 Å². The molecule has 324 valence electrons. The number of hydrogen-bond donors (Lipinski definition) is 0. The highest BCUT2D eigenvalue weighted by molar-refractivity contribution is 6.03. The van der Waals surface area contributed by atoms with Crippen molar-refractivity contribution in [3.63, 3.8) is 0 Å². The first kappa shape index (κ1) is 43.7. The van der Waals surface area contributed by atoms with Crippen molar-refractivity contribution in [2.24, 2.45) is 5.92 Å². The van der Waals surface area contributed by atoms with Gasteiger partial charge >= 0.3 is 5.97 Å². The van der Waals surface area contributed by atoms with Crippen molar-refractivity contribution in [1.82, 2.24) is 0 Å². The average molecular weight is 846 g/mol. The number of ether oxygens (including phenoxy) is 6. The zero-order valence-electron chi connectivity index (χ0n) is 35.7. The first-order valence-electron chi connectivity index (χ1n) is 21.8. The number of para-hydroxylation sites is 1. The molecule has 2 aliphatic heterocycles. The van der Waals surface area contributed by atoms with Gasteiger partial charge in [0.1, 0.15) is 24.4 Å². The van der Waals surface area contributed by atoms with E-state index in [1.807, 2.05) is 108 Å². The van der Waals surface area contributed by atoms with E-state index in [1.165, 1.54) is 7.11 Å². The normalized spacial score (nSPS) is 22.0. The number of anilines is 1. The number of hydrogen-bond acceptors (Lipinski definition) is 8. The zero-order valence-corrected chi connectivity index (χ0v) is 35.7. The van der Waals surface area contributed by atoms with Gasteiger partial charge < -0.3 is 33.3 Å². The van der Waals surface area contributed by atoms with Crippen LogP contribution in [-0.4, -0.2) is 56.1 Å². The molecule has 7 unspecified atom stereocenters. The van der Waals surface area contributed by atoms with Gasteiger partial charge in [-0.3, -0.25) is 9.59 Å². The van der Waals surface area contributed by atoms with Gasteiger partial charge in [0.25, 0.3) is 0 Å². The third-order valence-corrected chi connectivity index (χ3v) is 11.9. The van der Waals surface area contributed by atoms with Crippen LogP contribution in [-0.2, 0) is 70.9 Å². The lowest BCUT2D eigenvalue weighted by atomic mass is 9.78. The lowest BCUT2D eigenvalue weighted by Gasteiger charge is -2.47. The van der Waals surface area contributed by atoms with Crippen LogP contribution >= 0.6 is 0 Å². The molecule has 9 nitrogen and oxygen atoms in total. The molecular formula is C54H55NO8. The number of carbonyl (C=O) groups excluding carboxylic acids is 2. The Morgan fingerprint density at radius 2 is 1.00 bits per heavy atom. The third kappa shape index (κ3) is 11.4. The second kappa shape index (κ2) is 21.9. The van der Waals surface area contributed by atoms with Gasteiger partial charge in [0.2, 0.25) is 5.91 Å². The molecule has 6 aromatic carbocycles. The highest BCUT2D eigenvalue weighted by Gasteiger charge is 2.50. The zero-order chi connectivity index (χ0) is 43.2. The van der Waals surface area contributed by atoms with E-state index in [1.54, 1.807) is 0 Å². The van der Waals surface area contributed by atoms with Crippen LogP contribution in [0.2, 0.25) is 0 Å². The van der Waals surface area contributed by atoms with Crippen LogP contribution in [0.4, 0.5) is 5.69 Å². The molecule has 0 saturated carbocycles. The Balaban J connectivity index is 1.10. The van der Waals surface area contributed by atoms with Gasteiger partial charge in [0.15, 0.2) is 0 Å². The van der Waals surface area contributed by atoms with E-state index in [2.05, 4.69) is 72.8 Å². The molecule has 63 heavy (non-hydrogen) atoms. The summed E-state index contributed by atoms with van der Waals surface area (Å²) >= 11 is 0. The second-order valence-electron chi connectivity index (χ2n) is 16.2. The third-order valence-electron chi connectivity index (χ3n) is 11.9. The van der Waals surface area contributed by atoms with Crippen LogP contribution in [0.1, 0.15) is 52.3 Å². The minimum Gasteiger partial charge on any atom is -0.469 e. The Bertz CT molecular complexity index is 2300. The average Bonchev–Trinajstić information content (AvgIpc) is 3.33. The Kier molecular flexibility index (Phi) is 15.2. The highest BCUT2D eigenvalue weighted by atomic mass is 16.6. The van der Waals surface area contributed by atoms with Crippen molar-refractivity contribution in [3.8, 4) is 0 Å². The maximum absolute atomic E-state index is 13.6. The Morgan fingerprint density at radius 1 is 0.540 bits per heavy atom. The summed E-state index contributed by atoms with van der Waals surface area (Å²) in [5, 5.41) is 0. The highest BCUT2D eigenvalue weighted by Crippen LogP contribution is 2.45. The molecule has 6 aromatic rings. The van der Waals surface area contributed by atoms with E-state index in [0.29, 0.717) is 39.3 Å². The molecule has 9 heteroatoms. The van der Waals surface area contributed by atoms with E-state index < -0.39 is 30.5 Å². The summed E-state index contributed by atoms with van der Waals surface area (Å²) in [5.41, 5.74) is 7.04. The topological polar surface area (TPSA) is 92.8 Å². The maximum Gasteiger partial charge on any atom is 0.305 e. The van der Waals surface area contributed by atoms with E-state index in [0.717, 1.165) is 39.1 Å². The van der Waals surface area contributed by atoms with Crippen molar-refractivity contribution in [3.05, 3.63) is 209 Å². The van der Waals surface area contributed by atoms with Crippen LogP contribution in [0.25, 0.3) is 0 Å². The SMILES string of the molecule is COC(=O)CCC1C(=O)N(c2ccccc2)C1c1ccc(CC2OC(COCc3ccccc3)C(OCc3ccccc3)C(OCc3ccccc3)C2OCc2ccccc2)cc1. The molecule has 0 spiro atoms. The fourth-order valence-electron chi connectivity index (χ4n) is 8.60. The van der Waals surface area contributed by atoms with Crippen molar-refractivity contribution >= 4 is 17.6 Å². The van der Waals surface area contributed by atoms with Gasteiger partial charge in [-0.1, -0.05) is 164 Å². The Hall–Kier alpha value is -5.94. The molecule has 0 aromatic heterocycles. The molecule has 1 amide bonds.